The van der Waals surface area contributed by atoms with Gasteiger partial charge in [-0.25, -0.2) is 4.98 Å². The van der Waals surface area contributed by atoms with E-state index in [4.69, 9.17) is 0 Å². The molecule has 1 N–H and O–H groups in total. The van der Waals surface area contributed by atoms with E-state index >= 15 is 0 Å². The Hall–Kier alpha value is -2.99. The molecule has 2 aromatic carbocycles. The van der Waals surface area contributed by atoms with Crippen molar-refractivity contribution in [2.75, 3.05) is 11.4 Å². The van der Waals surface area contributed by atoms with Gasteiger partial charge in [0, 0.05) is 36.1 Å². The van der Waals surface area contributed by atoms with Crippen LogP contribution < -0.4 is 10.2 Å². The van der Waals surface area contributed by atoms with E-state index in [1.54, 1.807) is 11.3 Å². The van der Waals surface area contributed by atoms with Crippen molar-refractivity contribution in [1.29, 1.82) is 0 Å². The summed E-state index contributed by atoms with van der Waals surface area (Å²) in [6.45, 7) is 1.25. The van der Waals surface area contributed by atoms with E-state index < -0.39 is 0 Å². The summed E-state index contributed by atoms with van der Waals surface area (Å²) in [6, 6.07) is 17.8. The lowest BCUT2D eigenvalue weighted by molar-refractivity contribution is -0.120. The Balaban J connectivity index is 1.30. The maximum atomic E-state index is 12.3. The molecule has 0 spiro atoms. The molecule has 1 fully saturated rings. The zero-order chi connectivity index (χ0) is 19.3. The minimum Gasteiger partial charge on any atom is -0.352 e. The van der Waals surface area contributed by atoms with E-state index in [2.05, 4.69) is 10.3 Å². The van der Waals surface area contributed by atoms with Gasteiger partial charge >= 0.3 is 0 Å². The highest BCUT2D eigenvalue weighted by Crippen LogP contribution is 2.24. The molecule has 28 heavy (non-hydrogen) atoms. The van der Waals surface area contributed by atoms with Crippen LogP contribution in [0.4, 0.5) is 5.69 Å². The summed E-state index contributed by atoms with van der Waals surface area (Å²) in [6.07, 6.45) is 1.81. The highest BCUT2D eigenvalue weighted by atomic mass is 32.1. The van der Waals surface area contributed by atoms with Crippen LogP contribution in [0.1, 0.15) is 24.1 Å². The van der Waals surface area contributed by atoms with Gasteiger partial charge in [0.25, 0.3) is 0 Å². The Morgan fingerprint density at radius 2 is 1.89 bits per heavy atom. The van der Waals surface area contributed by atoms with Gasteiger partial charge in [0.1, 0.15) is 5.01 Å². The highest BCUT2D eigenvalue weighted by Gasteiger charge is 2.21. The number of carbonyl (C=O) groups is 2. The largest absolute Gasteiger partial charge is 0.352 e. The second-order valence-electron chi connectivity index (χ2n) is 6.78. The molecule has 0 unspecified atom stereocenters. The van der Waals surface area contributed by atoms with E-state index in [1.807, 2.05) is 64.9 Å². The molecule has 0 radical (unpaired) electrons. The van der Waals surface area contributed by atoms with Crippen molar-refractivity contribution in [3.05, 3.63) is 71.2 Å². The number of amides is 2. The second kappa shape index (κ2) is 8.35. The van der Waals surface area contributed by atoms with Crippen molar-refractivity contribution in [2.24, 2.45) is 0 Å². The quantitative estimate of drug-likeness (QED) is 0.695. The van der Waals surface area contributed by atoms with Crippen LogP contribution in [0.2, 0.25) is 0 Å². The van der Waals surface area contributed by atoms with E-state index in [9.17, 15) is 9.59 Å². The van der Waals surface area contributed by atoms with Crippen LogP contribution in [0.25, 0.3) is 10.6 Å². The summed E-state index contributed by atoms with van der Waals surface area (Å²) in [5.41, 5.74) is 3.78. The summed E-state index contributed by atoms with van der Waals surface area (Å²) in [5.74, 6) is 0.128. The van der Waals surface area contributed by atoms with Gasteiger partial charge in [-0.2, -0.15) is 0 Å². The molecule has 2 heterocycles. The smallest absolute Gasteiger partial charge is 0.227 e. The highest BCUT2D eigenvalue weighted by molar-refractivity contribution is 7.13. The Bertz CT molecular complexity index is 967. The van der Waals surface area contributed by atoms with E-state index in [-0.39, 0.29) is 18.2 Å². The van der Waals surface area contributed by atoms with E-state index in [0.29, 0.717) is 13.0 Å². The number of anilines is 1. The first-order chi connectivity index (χ1) is 13.7. The number of nitrogens with zero attached hydrogens (tertiary/aromatic N) is 2. The predicted octanol–water partition coefficient (Wildman–Crippen LogP) is 3.80. The minimum atomic E-state index is -0.0521. The van der Waals surface area contributed by atoms with Gasteiger partial charge in [0.05, 0.1) is 12.1 Å². The van der Waals surface area contributed by atoms with E-state index in [0.717, 1.165) is 40.5 Å². The Morgan fingerprint density at radius 3 is 2.61 bits per heavy atom. The van der Waals surface area contributed by atoms with Crippen LogP contribution in [0.3, 0.4) is 0 Å². The van der Waals surface area contributed by atoms with Crippen LogP contribution in [0.15, 0.2) is 60.0 Å². The average Bonchev–Trinajstić information content (AvgIpc) is 3.36. The molecule has 1 aliphatic heterocycles. The summed E-state index contributed by atoms with van der Waals surface area (Å²) >= 11 is 1.55. The molecule has 3 aromatic rings. The standard InChI is InChI=1S/C22H21N3O2S/c26-20(13-18-15-28-22(24-18)17-5-2-1-3-6-17)23-14-16-8-10-19(11-9-16)25-12-4-7-21(25)27/h1-3,5-6,8-11,15H,4,7,12-14H2,(H,23,26). The minimum absolute atomic E-state index is 0.0521. The maximum absolute atomic E-state index is 12.3. The molecule has 1 aliphatic rings. The first kappa shape index (κ1) is 18.4. The number of nitrogens with one attached hydrogen (secondary N) is 1. The molecule has 0 saturated carbocycles. The van der Waals surface area contributed by atoms with Gasteiger partial charge < -0.3 is 10.2 Å². The van der Waals surface area contributed by atoms with Crippen molar-refractivity contribution in [3.8, 4) is 10.6 Å². The van der Waals surface area contributed by atoms with Gasteiger partial charge in [-0.3, -0.25) is 9.59 Å². The lowest BCUT2D eigenvalue weighted by atomic mass is 10.2. The first-order valence-electron chi connectivity index (χ1n) is 9.35. The molecule has 6 heteroatoms. The third-order valence-corrected chi connectivity index (χ3v) is 5.67. The fourth-order valence-electron chi connectivity index (χ4n) is 3.24. The van der Waals surface area contributed by atoms with Gasteiger partial charge in [-0.15, -0.1) is 11.3 Å². The lowest BCUT2D eigenvalue weighted by Crippen LogP contribution is -2.25. The lowest BCUT2D eigenvalue weighted by Gasteiger charge is -2.16. The van der Waals surface area contributed by atoms with Gasteiger partial charge in [-0.05, 0) is 24.1 Å². The van der Waals surface area contributed by atoms with Crippen LogP contribution in [-0.2, 0) is 22.6 Å². The maximum Gasteiger partial charge on any atom is 0.227 e. The summed E-state index contributed by atoms with van der Waals surface area (Å²) in [5, 5.41) is 5.80. The second-order valence-corrected chi connectivity index (χ2v) is 7.64. The van der Waals surface area contributed by atoms with Crippen LogP contribution in [0, 0.1) is 0 Å². The van der Waals surface area contributed by atoms with Crippen molar-refractivity contribution in [1.82, 2.24) is 10.3 Å². The molecule has 0 atom stereocenters. The Labute approximate surface area is 168 Å². The first-order valence-corrected chi connectivity index (χ1v) is 10.2. The molecule has 2 amide bonds. The van der Waals surface area contributed by atoms with Crippen LogP contribution in [-0.4, -0.2) is 23.3 Å². The van der Waals surface area contributed by atoms with Crippen molar-refractivity contribution in [3.63, 3.8) is 0 Å². The third kappa shape index (κ3) is 4.28. The number of hydrogen-bond acceptors (Lipinski definition) is 4. The van der Waals surface area contributed by atoms with Gasteiger partial charge in [0.15, 0.2) is 0 Å². The normalized spacial score (nSPS) is 13.7. The molecule has 142 valence electrons. The number of benzene rings is 2. The van der Waals surface area contributed by atoms with Gasteiger partial charge in [-0.1, -0.05) is 42.5 Å². The number of hydrogen-bond donors (Lipinski definition) is 1. The third-order valence-electron chi connectivity index (χ3n) is 4.73. The Morgan fingerprint density at radius 1 is 1.11 bits per heavy atom. The van der Waals surface area contributed by atoms with Crippen molar-refractivity contribution in [2.45, 2.75) is 25.8 Å². The van der Waals surface area contributed by atoms with Crippen LogP contribution >= 0.6 is 11.3 Å². The zero-order valence-electron chi connectivity index (χ0n) is 15.4. The van der Waals surface area contributed by atoms with Gasteiger partial charge in [0.2, 0.25) is 11.8 Å². The molecule has 1 saturated heterocycles. The summed E-state index contributed by atoms with van der Waals surface area (Å²) < 4.78 is 0. The monoisotopic (exact) mass is 391 g/mol. The number of thiazole rings is 1. The molecular formula is C22H21N3O2S. The van der Waals surface area contributed by atoms with Crippen LogP contribution in [0.5, 0.6) is 0 Å². The predicted molar refractivity (Wildman–Crippen MR) is 111 cm³/mol. The van der Waals surface area contributed by atoms with Crippen molar-refractivity contribution >= 4 is 28.8 Å². The molecule has 5 nitrogen and oxygen atoms in total. The molecule has 4 rings (SSSR count). The van der Waals surface area contributed by atoms with Crippen molar-refractivity contribution < 1.29 is 9.59 Å². The number of rotatable bonds is 6. The molecule has 0 aliphatic carbocycles. The Kier molecular flexibility index (Phi) is 5.48. The molecule has 0 bridgehead atoms. The fourth-order valence-corrected chi connectivity index (χ4v) is 4.07. The topological polar surface area (TPSA) is 62.3 Å². The molecule has 1 aromatic heterocycles. The SMILES string of the molecule is O=C(Cc1csc(-c2ccccc2)n1)NCc1ccc(N2CCCC2=O)cc1. The summed E-state index contributed by atoms with van der Waals surface area (Å²) in [4.78, 5) is 30.4. The zero-order valence-corrected chi connectivity index (χ0v) is 16.2. The summed E-state index contributed by atoms with van der Waals surface area (Å²) in [7, 11) is 0. The van der Waals surface area contributed by atoms with E-state index in [1.165, 1.54) is 0 Å². The number of aromatic nitrogens is 1. The fraction of sp³-hybridized carbons (Fsp3) is 0.227. The number of carbonyl (C=O) groups excluding carboxylic acids is 2. The molecular weight excluding hydrogens is 370 g/mol. The average molecular weight is 391 g/mol.